The zero-order valence-corrected chi connectivity index (χ0v) is 17.1. The van der Waals surface area contributed by atoms with E-state index in [9.17, 15) is 17.6 Å². The minimum Gasteiger partial charge on any atom is -0.454 e. The monoisotopic (exact) mass is 442 g/mol. The predicted molar refractivity (Wildman–Crippen MR) is 112 cm³/mol. The maximum Gasteiger partial charge on any atom is 0.244 e. The zero-order chi connectivity index (χ0) is 21.8. The van der Waals surface area contributed by atoms with Crippen molar-refractivity contribution in [2.24, 2.45) is 0 Å². The Balaban J connectivity index is 1.59. The molecule has 160 valence electrons. The van der Waals surface area contributed by atoms with Gasteiger partial charge in [-0.15, -0.1) is 0 Å². The molecular formula is C22H19FN2O5S. The van der Waals surface area contributed by atoms with Gasteiger partial charge in [-0.1, -0.05) is 42.5 Å². The number of carbonyl (C=O) groups excluding carboxylic acids is 1. The Morgan fingerprint density at radius 3 is 2.45 bits per heavy atom. The van der Waals surface area contributed by atoms with Crippen LogP contribution in [0.5, 0.6) is 11.5 Å². The van der Waals surface area contributed by atoms with Crippen LogP contribution in [0.4, 0.5) is 10.1 Å². The average Bonchev–Trinajstić information content (AvgIpc) is 3.22. The number of fused-ring (bicyclic) bond motifs is 1. The maximum atomic E-state index is 14.1. The van der Waals surface area contributed by atoms with Crippen molar-refractivity contribution in [2.75, 3.05) is 12.1 Å². The Bertz CT molecular complexity index is 1200. The molecule has 1 atom stereocenters. The van der Waals surface area contributed by atoms with Crippen molar-refractivity contribution in [1.29, 1.82) is 0 Å². The van der Waals surface area contributed by atoms with Crippen molar-refractivity contribution in [2.45, 2.75) is 17.4 Å². The molecule has 7 nitrogen and oxygen atoms in total. The van der Waals surface area contributed by atoms with E-state index < -0.39 is 32.7 Å². The lowest BCUT2D eigenvalue weighted by Gasteiger charge is -2.19. The van der Waals surface area contributed by atoms with Gasteiger partial charge in [0.1, 0.15) is 16.8 Å². The Kier molecular flexibility index (Phi) is 5.88. The first kappa shape index (κ1) is 20.8. The topological polar surface area (TPSA) is 93.7 Å². The molecule has 0 aromatic heterocycles. The van der Waals surface area contributed by atoms with Crippen molar-refractivity contribution in [3.63, 3.8) is 0 Å². The summed E-state index contributed by atoms with van der Waals surface area (Å²) in [5.74, 6) is -0.462. The molecule has 1 aliphatic rings. The van der Waals surface area contributed by atoms with E-state index in [4.69, 9.17) is 9.47 Å². The second-order valence-electron chi connectivity index (χ2n) is 6.85. The van der Waals surface area contributed by atoms with Crippen LogP contribution < -0.4 is 19.5 Å². The first-order chi connectivity index (χ1) is 14.9. The molecular weight excluding hydrogens is 423 g/mol. The van der Waals surface area contributed by atoms with Gasteiger partial charge >= 0.3 is 0 Å². The van der Waals surface area contributed by atoms with E-state index in [0.717, 1.165) is 17.7 Å². The number of carbonyl (C=O) groups is 1. The molecule has 0 spiro atoms. The summed E-state index contributed by atoms with van der Waals surface area (Å²) < 4.78 is 52.6. The lowest BCUT2D eigenvalue weighted by molar-refractivity contribution is -0.117. The van der Waals surface area contributed by atoms with Crippen LogP contribution in [0, 0.1) is 5.82 Å². The smallest absolute Gasteiger partial charge is 0.244 e. The minimum atomic E-state index is -4.29. The third-order valence-electron chi connectivity index (χ3n) is 4.66. The summed E-state index contributed by atoms with van der Waals surface area (Å²) >= 11 is 0. The lowest BCUT2D eigenvalue weighted by atomic mass is 10.1. The Morgan fingerprint density at radius 2 is 1.68 bits per heavy atom. The molecule has 0 aliphatic carbocycles. The van der Waals surface area contributed by atoms with Crippen LogP contribution in [-0.4, -0.2) is 27.2 Å². The Hall–Kier alpha value is -3.43. The molecule has 9 heteroatoms. The molecule has 0 saturated carbocycles. The number of amides is 1. The second kappa shape index (κ2) is 8.75. The molecule has 31 heavy (non-hydrogen) atoms. The lowest BCUT2D eigenvalue weighted by Crippen LogP contribution is -2.45. The fourth-order valence-corrected chi connectivity index (χ4v) is 4.43. The number of hydrogen-bond acceptors (Lipinski definition) is 5. The number of anilines is 1. The summed E-state index contributed by atoms with van der Waals surface area (Å²) in [4.78, 5) is 12.5. The molecule has 3 aromatic carbocycles. The number of benzene rings is 3. The Morgan fingerprint density at radius 1 is 0.968 bits per heavy atom. The SMILES string of the molecule is O=C(Nc1ccc2c(c1)OCO2)[C@H](Cc1ccccc1)NS(=O)(=O)c1ccccc1F. The van der Waals surface area contributed by atoms with Crippen LogP contribution in [0.25, 0.3) is 0 Å². The summed E-state index contributed by atoms with van der Waals surface area (Å²) in [6.07, 6.45) is 0.0743. The maximum absolute atomic E-state index is 14.1. The molecule has 2 N–H and O–H groups in total. The van der Waals surface area contributed by atoms with Gasteiger partial charge in [0, 0.05) is 11.8 Å². The standard InChI is InChI=1S/C22H19FN2O5S/c23-17-8-4-5-9-21(17)31(27,28)25-18(12-15-6-2-1-3-7-15)22(26)24-16-10-11-19-20(13-16)30-14-29-19/h1-11,13,18,25H,12,14H2,(H,24,26)/t18-/m0/s1. The van der Waals surface area contributed by atoms with Gasteiger partial charge in [0.15, 0.2) is 11.5 Å². The molecule has 3 aromatic rings. The molecule has 1 heterocycles. The van der Waals surface area contributed by atoms with E-state index in [1.165, 1.54) is 12.1 Å². The first-order valence-corrected chi connectivity index (χ1v) is 10.9. The van der Waals surface area contributed by atoms with Gasteiger partial charge in [0.25, 0.3) is 0 Å². The third-order valence-corrected chi connectivity index (χ3v) is 6.17. The van der Waals surface area contributed by atoms with Gasteiger partial charge in [0.05, 0.1) is 0 Å². The molecule has 0 saturated heterocycles. The molecule has 1 aliphatic heterocycles. The van der Waals surface area contributed by atoms with Crippen LogP contribution in [0.3, 0.4) is 0 Å². The van der Waals surface area contributed by atoms with E-state index in [1.807, 2.05) is 6.07 Å². The molecule has 4 rings (SSSR count). The predicted octanol–water partition coefficient (Wildman–Crippen LogP) is 3.08. The second-order valence-corrected chi connectivity index (χ2v) is 8.53. The molecule has 0 fully saturated rings. The highest BCUT2D eigenvalue weighted by molar-refractivity contribution is 7.89. The van der Waals surface area contributed by atoms with E-state index in [0.29, 0.717) is 17.2 Å². The summed E-state index contributed by atoms with van der Waals surface area (Å²) in [7, 11) is -4.29. The van der Waals surface area contributed by atoms with Crippen LogP contribution in [0.15, 0.2) is 77.7 Å². The number of halogens is 1. The van der Waals surface area contributed by atoms with Crippen molar-refractivity contribution in [3.8, 4) is 11.5 Å². The van der Waals surface area contributed by atoms with Crippen LogP contribution in [0.1, 0.15) is 5.56 Å². The quantitative estimate of drug-likeness (QED) is 0.587. The fraction of sp³-hybridized carbons (Fsp3) is 0.136. The number of sulfonamides is 1. The highest BCUT2D eigenvalue weighted by atomic mass is 32.2. The van der Waals surface area contributed by atoms with E-state index >= 15 is 0 Å². The number of nitrogens with one attached hydrogen (secondary N) is 2. The van der Waals surface area contributed by atoms with Gasteiger partial charge in [-0.25, -0.2) is 12.8 Å². The van der Waals surface area contributed by atoms with Gasteiger partial charge in [-0.3, -0.25) is 4.79 Å². The Labute approximate surface area is 178 Å². The van der Waals surface area contributed by atoms with Crippen LogP contribution in [-0.2, 0) is 21.2 Å². The average molecular weight is 442 g/mol. The van der Waals surface area contributed by atoms with E-state index in [-0.39, 0.29) is 13.2 Å². The summed E-state index contributed by atoms with van der Waals surface area (Å²) in [6.45, 7) is 0.0891. The molecule has 0 unspecified atom stereocenters. The first-order valence-electron chi connectivity index (χ1n) is 9.44. The minimum absolute atomic E-state index is 0.0743. The third kappa shape index (κ3) is 4.84. The number of hydrogen-bond donors (Lipinski definition) is 2. The number of ether oxygens (including phenoxy) is 2. The van der Waals surface area contributed by atoms with Gasteiger partial charge in [-0.2, -0.15) is 4.72 Å². The summed E-state index contributed by atoms with van der Waals surface area (Å²) in [5, 5.41) is 2.69. The van der Waals surface area contributed by atoms with Gasteiger partial charge in [-0.05, 0) is 36.2 Å². The van der Waals surface area contributed by atoms with E-state index in [2.05, 4.69) is 10.0 Å². The van der Waals surface area contributed by atoms with Crippen LogP contribution >= 0.6 is 0 Å². The highest BCUT2D eigenvalue weighted by Crippen LogP contribution is 2.34. The molecule has 1 amide bonds. The van der Waals surface area contributed by atoms with Crippen molar-refractivity contribution >= 4 is 21.6 Å². The summed E-state index contributed by atoms with van der Waals surface area (Å²) in [6, 6.07) is 17.6. The largest absolute Gasteiger partial charge is 0.454 e. The van der Waals surface area contributed by atoms with Crippen molar-refractivity contribution in [1.82, 2.24) is 4.72 Å². The highest BCUT2D eigenvalue weighted by Gasteiger charge is 2.28. The molecule has 0 bridgehead atoms. The van der Waals surface area contributed by atoms with Crippen molar-refractivity contribution in [3.05, 3.63) is 84.2 Å². The zero-order valence-electron chi connectivity index (χ0n) is 16.2. The number of rotatable bonds is 7. The fourth-order valence-electron chi connectivity index (χ4n) is 3.15. The molecule has 0 radical (unpaired) electrons. The van der Waals surface area contributed by atoms with Gasteiger partial charge < -0.3 is 14.8 Å². The van der Waals surface area contributed by atoms with Crippen LogP contribution in [0.2, 0.25) is 0 Å². The normalized spacial score (nSPS) is 13.6. The van der Waals surface area contributed by atoms with Gasteiger partial charge in [0.2, 0.25) is 22.7 Å². The summed E-state index contributed by atoms with van der Waals surface area (Å²) in [5.41, 5.74) is 1.15. The van der Waals surface area contributed by atoms with E-state index in [1.54, 1.807) is 42.5 Å². The van der Waals surface area contributed by atoms with Crippen molar-refractivity contribution < 1.29 is 27.1 Å².